The number of hydrogen-bond acceptors (Lipinski definition) is 4. The SMILES string of the molecule is C=CCNc1ccc(C(=O)Nc2ccc(OC)cc2)nc1. The Morgan fingerprint density at radius 1 is 1.24 bits per heavy atom. The number of carbonyl (C=O) groups is 1. The summed E-state index contributed by atoms with van der Waals surface area (Å²) in [4.78, 5) is 16.2. The highest BCUT2D eigenvalue weighted by Gasteiger charge is 2.07. The van der Waals surface area contributed by atoms with Crippen molar-refractivity contribution in [2.75, 3.05) is 24.3 Å². The van der Waals surface area contributed by atoms with E-state index in [4.69, 9.17) is 4.74 Å². The standard InChI is InChI=1S/C16H17N3O2/c1-3-10-17-13-6-9-15(18-11-13)16(20)19-12-4-7-14(21-2)8-5-12/h3-9,11,17H,1,10H2,2H3,(H,19,20). The molecule has 1 heterocycles. The molecule has 21 heavy (non-hydrogen) atoms. The number of carbonyl (C=O) groups excluding carboxylic acids is 1. The van der Waals surface area contributed by atoms with Gasteiger partial charge in [0.25, 0.3) is 5.91 Å². The van der Waals surface area contributed by atoms with Gasteiger partial charge in [-0.1, -0.05) is 6.08 Å². The number of anilines is 2. The number of amides is 1. The zero-order valence-corrected chi connectivity index (χ0v) is 11.8. The molecule has 108 valence electrons. The fourth-order valence-corrected chi connectivity index (χ4v) is 1.69. The number of hydrogen-bond donors (Lipinski definition) is 2. The molecule has 0 radical (unpaired) electrons. The highest BCUT2D eigenvalue weighted by Crippen LogP contribution is 2.16. The molecule has 1 amide bonds. The van der Waals surface area contributed by atoms with Gasteiger partial charge in [-0.25, -0.2) is 4.98 Å². The van der Waals surface area contributed by atoms with E-state index in [1.807, 2.05) is 0 Å². The van der Waals surface area contributed by atoms with E-state index in [2.05, 4.69) is 22.2 Å². The zero-order valence-electron chi connectivity index (χ0n) is 11.8. The number of ether oxygens (including phenoxy) is 1. The van der Waals surface area contributed by atoms with Crippen LogP contribution < -0.4 is 15.4 Å². The van der Waals surface area contributed by atoms with Gasteiger partial charge in [0.05, 0.1) is 19.0 Å². The molecule has 0 unspecified atom stereocenters. The first-order valence-electron chi connectivity index (χ1n) is 6.49. The van der Waals surface area contributed by atoms with Gasteiger partial charge in [0.15, 0.2) is 0 Å². The minimum Gasteiger partial charge on any atom is -0.497 e. The molecule has 1 aromatic carbocycles. The van der Waals surface area contributed by atoms with Crippen molar-refractivity contribution in [1.82, 2.24) is 4.98 Å². The second kappa shape index (κ2) is 7.09. The Morgan fingerprint density at radius 3 is 2.52 bits per heavy atom. The highest BCUT2D eigenvalue weighted by molar-refractivity contribution is 6.02. The van der Waals surface area contributed by atoms with Crippen LogP contribution in [0.4, 0.5) is 11.4 Å². The number of pyridine rings is 1. The molecule has 0 aliphatic heterocycles. The van der Waals surface area contributed by atoms with Crippen molar-refractivity contribution in [2.24, 2.45) is 0 Å². The maximum absolute atomic E-state index is 12.1. The zero-order chi connectivity index (χ0) is 15.1. The van der Waals surface area contributed by atoms with Gasteiger partial charge in [0.2, 0.25) is 0 Å². The molecule has 2 aromatic rings. The summed E-state index contributed by atoms with van der Waals surface area (Å²) in [5.41, 5.74) is 1.89. The van der Waals surface area contributed by atoms with Crippen LogP contribution in [0.3, 0.4) is 0 Å². The Kier molecular flexibility index (Phi) is 4.93. The summed E-state index contributed by atoms with van der Waals surface area (Å²) in [6.45, 7) is 4.28. The van der Waals surface area contributed by atoms with Crippen molar-refractivity contribution in [3.8, 4) is 5.75 Å². The summed E-state index contributed by atoms with van der Waals surface area (Å²) in [7, 11) is 1.60. The van der Waals surface area contributed by atoms with Gasteiger partial charge >= 0.3 is 0 Å². The van der Waals surface area contributed by atoms with E-state index >= 15 is 0 Å². The predicted molar refractivity (Wildman–Crippen MR) is 83.9 cm³/mol. The number of benzene rings is 1. The highest BCUT2D eigenvalue weighted by atomic mass is 16.5. The lowest BCUT2D eigenvalue weighted by Crippen LogP contribution is -2.13. The minimum absolute atomic E-state index is 0.254. The Hall–Kier alpha value is -2.82. The minimum atomic E-state index is -0.254. The summed E-state index contributed by atoms with van der Waals surface area (Å²) in [5.74, 6) is 0.485. The second-order valence-electron chi connectivity index (χ2n) is 4.28. The van der Waals surface area contributed by atoms with Crippen molar-refractivity contribution < 1.29 is 9.53 Å². The summed E-state index contributed by atoms with van der Waals surface area (Å²) >= 11 is 0. The molecule has 2 rings (SSSR count). The molecule has 0 spiro atoms. The van der Waals surface area contributed by atoms with Gasteiger partial charge in [-0.3, -0.25) is 4.79 Å². The van der Waals surface area contributed by atoms with Crippen LogP contribution in [0.5, 0.6) is 5.75 Å². The van der Waals surface area contributed by atoms with E-state index in [1.54, 1.807) is 55.8 Å². The third kappa shape index (κ3) is 4.07. The largest absolute Gasteiger partial charge is 0.497 e. The van der Waals surface area contributed by atoms with Gasteiger partial charge < -0.3 is 15.4 Å². The lowest BCUT2D eigenvalue weighted by Gasteiger charge is -2.07. The molecular weight excluding hydrogens is 266 g/mol. The molecule has 0 aliphatic rings. The van der Waals surface area contributed by atoms with Crippen LogP contribution >= 0.6 is 0 Å². The van der Waals surface area contributed by atoms with Crippen molar-refractivity contribution in [3.05, 3.63) is 60.9 Å². The second-order valence-corrected chi connectivity index (χ2v) is 4.28. The van der Waals surface area contributed by atoms with E-state index in [0.717, 1.165) is 11.4 Å². The van der Waals surface area contributed by atoms with Crippen LogP contribution in [0.2, 0.25) is 0 Å². The Balaban J connectivity index is 2.00. The molecule has 1 aromatic heterocycles. The topological polar surface area (TPSA) is 63.2 Å². The summed E-state index contributed by atoms with van der Waals surface area (Å²) < 4.78 is 5.07. The Bertz CT molecular complexity index is 606. The van der Waals surface area contributed by atoms with Gasteiger partial charge in [0, 0.05) is 12.2 Å². The first-order valence-corrected chi connectivity index (χ1v) is 6.49. The van der Waals surface area contributed by atoms with Crippen LogP contribution in [0.25, 0.3) is 0 Å². The normalized spacial score (nSPS) is 9.76. The molecular formula is C16H17N3O2. The van der Waals surface area contributed by atoms with Crippen molar-refractivity contribution >= 4 is 17.3 Å². The lowest BCUT2D eigenvalue weighted by atomic mass is 10.2. The third-order valence-electron chi connectivity index (χ3n) is 2.79. The first kappa shape index (κ1) is 14.6. The Labute approximate surface area is 123 Å². The van der Waals surface area contributed by atoms with Crippen LogP contribution in [0.15, 0.2) is 55.3 Å². The average Bonchev–Trinajstić information content (AvgIpc) is 2.54. The van der Waals surface area contributed by atoms with Crippen molar-refractivity contribution in [1.29, 1.82) is 0 Å². The molecule has 0 saturated heterocycles. The van der Waals surface area contributed by atoms with Crippen molar-refractivity contribution in [3.63, 3.8) is 0 Å². The van der Waals surface area contributed by atoms with Crippen LogP contribution in [-0.4, -0.2) is 24.5 Å². The quantitative estimate of drug-likeness (QED) is 0.800. The summed E-state index contributed by atoms with van der Waals surface area (Å²) in [6, 6.07) is 10.6. The van der Waals surface area contributed by atoms with E-state index in [9.17, 15) is 4.79 Å². The maximum Gasteiger partial charge on any atom is 0.274 e. The molecule has 5 heteroatoms. The van der Waals surface area contributed by atoms with E-state index in [0.29, 0.717) is 17.9 Å². The van der Waals surface area contributed by atoms with Crippen LogP contribution in [0, 0.1) is 0 Å². The van der Waals surface area contributed by atoms with E-state index in [-0.39, 0.29) is 5.91 Å². The molecule has 0 atom stereocenters. The van der Waals surface area contributed by atoms with Gasteiger partial charge in [-0.05, 0) is 36.4 Å². The van der Waals surface area contributed by atoms with E-state index in [1.165, 1.54) is 0 Å². The molecule has 0 bridgehead atoms. The van der Waals surface area contributed by atoms with Gasteiger partial charge in [-0.15, -0.1) is 6.58 Å². The fraction of sp³-hybridized carbons (Fsp3) is 0.125. The Morgan fingerprint density at radius 2 is 1.95 bits per heavy atom. The smallest absolute Gasteiger partial charge is 0.274 e. The molecule has 0 saturated carbocycles. The lowest BCUT2D eigenvalue weighted by molar-refractivity contribution is 0.102. The van der Waals surface area contributed by atoms with E-state index < -0.39 is 0 Å². The molecule has 2 N–H and O–H groups in total. The number of nitrogens with one attached hydrogen (secondary N) is 2. The first-order chi connectivity index (χ1) is 10.2. The maximum atomic E-state index is 12.1. The van der Waals surface area contributed by atoms with Crippen molar-refractivity contribution in [2.45, 2.75) is 0 Å². The summed E-state index contributed by atoms with van der Waals surface area (Å²) in [6.07, 6.45) is 3.37. The number of methoxy groups -OCH3 is 1. The monoisotopic (exact) mass is 283 g/mol. The number of aromatic nitrogens is 1. The molecule has 0 aliphatic carbocycles. The predicted octanol–water partition coefficient (Wildman–Crippen LogP) is 2.94. The van der Waals surface area contributed by atoms with Crippen LogP contribution in [-0.2, 0) is 0 Å². The molecule has 5 nitrogen and oxygen atoms in total. The third-order valence-corrected chi connectivity index (χ3v) is 2.79. The van der Waals surface area contributed by atoms with Gasteiger partial charge in [0.1, 0.15) is 11.4 Å². The van der Waals surface area contributed by atoms with Crippen LogP contribution in [0.1, 0.15) is 10.5 Å². The van der Waals surface area contributed by atoms with Gasteiger partial charge in [-0.2, -0.15) is 0 Å². The summed E-state index contributed by atoms with van der Waals surface area (Å²) in [5, 5.41) is 5.88. The fourth-order valence-electron chi connectivity index (χ4n) is 1.69. The molecule has 0 fully saturated rings. The number of nitrogens with zero attached hydrogens (tertiary/aromatic N) is 1. The number of rotatable bonds is 6. The average molecular weight is 283 g/mol.